The molecule has 0 saturated carbocycles. The lowest BCUT2D eigenvalue weighted by atomic mass is 10.1. The maximum Gasteiger partial charge on any atom is 0.277 e. The first-order valence-electron chi connectivity index (χ1n) is 8.09. The molecule has 20 heavy (non-hydrogen) atoms. The van der Waals surface area contributed by atoms with E-state index in [4.69, 9.17) is 4.55 Å². The maximum absolute atomic E-state index is 10.8. The summed E-state index contributed by atoms with van der Waals surface area (Å²) in [5.74, 6) is 0. The van der Waals surface area contributed by atoms with Crippen molar-refractivity contribution in [2.45, 2.75) is 94.6 Å². The standard InChI is InChI=1S/C15H31BrO3S/c1-2-3-4-5-6-7-8-9-10-11-12-13-14-15(16)20(17,18)19/h15H,2-14H2,1H3,(H,17,18,19). The van der Waals surface area contributed by atoms with E-state index in [2.05, 4.69) is 22.9 Å². The van der Waals surface area contributed by atoms with Crippen LogP contribution >= 0.6 is 15.9 Å². The molecule has 0 rings (SSSR count). The van der Waals surface area contributed by atoms with Gasteiger partial charge in [0.05, 0.1) is 0 Å². The molecule has 0 fully saturated rings. The Morgan fingerprint density at radius 2 is 1.15 bits per heavy atom. The number of alkyl halides is 1. The van der Waals surface area contributed by atoms with Gasteiger partial charge in [0, 0.05) is 0 Å². The van der Waals surface area contributed by atoms with Crippen LogP contribution < -0.4 is 0 Å². The fourth-order valence-electron chi connectivity index (χ4n) is 2.29. The normalized spacial score (nSPS) is 13.6. The minimum atomic E-state index is -3.90. The Bertz CT molecular complexity index is 304. The van der Waals surface area contributed by atoms with Crippen LogP contribution in [-0.4, -0.2) is 17.1 Å². The molecule has 0 radical (unpaired) electrons. The number of hydrogen-bond acceptors (Lipinski definition) is 2. The topological polar surface area (TPSA) is 54.4 Å². The average molecular weight is 371 g/mol. The fraction of sp³-hybridized carbons (Fsp3) is 1.00. The largest absolute Gasteiger partial charge is 0.285 e. The zero-order valence-electron chi connectivity index (χ0n) is 12.8. The van der Waals surface area contributed by atoms with Gasteiger partial charge < -0.3 is 0 Å². The summed E-state index contributed by atoms with van der Waals surface area (Å²) in [6.45, 7) is 2.24. The molecular formula is C15H31BrO3S. The average Bonchev–Trinajstić information content (AvgIpc) is 2.38. The van der Waals surface area contributed by atoms with Crippen molar-refractivity contribution in [2.75, 3.05) is 0 Å². The second-order valence-electron chi connectivity index (χ2n) is 5.60. The molecule has 5 heteroatoms. The minimum absolute atomic E-state index is 0.496. The number of halogens is 1. The Hall–Kier alpha value is 0.390. The molecule has 0 aliphatic heterocycles. The van der Waals surface area contributed by atoms with Crippen molar-refractivity contribution in [2.24, 2.45) is 0 Å². The van der Waals surface area contributed by atoms with Gasteiger partial charge in [0.2, 0.25) is 0 Å². The molecule has 0 heterocycles. The molecule has 0 bridgehead atoms. The van der Waals surface area contributed by atoms with E-state index in [9.17, 15) is 8.42 Å². The van der Waals surface area contributed by atoms with Gasteiger partial charge in [0.1, 0.15) is 4.16 Å². The first kappa shape index (κ1) is 20.4. The lowest BCUT2D eigenvalue weighted by Crippen LogP contribution is -2.12. The van der Waals surface area contributed by atoms with E-state index in [1.807, 2.05) is 0 Å². The van der Waals surface area contributed by atoms with Crippen LogP contribution in [0.4, 0.5) is 0 Å². The van der Waals surface area contributed by atoms with Crippen LogP contribution in [0.2, 0.25) is 0 Å². The van der Waals surface area contributed by atoms with E-state index in [0.29, 0.717) is 6.42 Å². The third-order valence-corrected chi connectivity index (χ3v) is 6.36. The minimum Gasteiger partial charge on any atom is -0.285 e. The lowest BCUT2D eigenvalue weighted by molar-refractivity contribution is 0.474. The van der Waals surface area contributed by atoms with Gasteiger partial charge in [-0.15, -0.1) is 0 Å². The van der Waals surface area contributed by atoms with Gasteiger partial charge in [-0.2, -0.15) is 8.42 Å². The van der Waals surface area contributed by atoms with Crippen LogP contribution in [0.1, 0.15) is 90.4 Å². The van der Waals surface area contributed by atoms with Crippen molar-refractivity contribution in [3.05, 3.63) is 0 Å². The van der Waals surface area contributed by atoms with Crippen molar-refractivity contribution >= 4 is 26.0 Å². The summed E-state index contributed by atoms with van der Waals surface area (Å²) in [5, 5.41) is 0. The second kappa shape index (κ2) is 13.1. The van der Waals surface area contributed by atoms with Crippen LogP contribution in [0.15, 0.2) is 0 Å². The summed E-state index contributed by atoms with van der Waals surface area (Å²) in [7, 11) is -3.90. The highest BCUT2D eigenvalue weighted by molar-refractivity contribution is 9.11. The molecule has 122 valence electrons. The molecule has 0 amide bonds. The Labute approximate surface area is 133 Å². The van der Waals surface area contributed by atoms with Gasteiger partial charge in [0.25, 0.3) is 10.1 Å². The van der Waals surface area contributed by atoms with E-state index >= 15 is 0 Å². The molecule has 0 spiro atoms. The Kier molecular flexibility index (Phi) is 13.3. The van der Waals surface area contributed by atoms with Gasteiger partial charge >= 0.3 is 0 Å². The van der Waals surface area contributed by atoms with Gasteiger partial charge in [-0.3, -0.25) is 4.55 Å². The third kappa shape index (κ3) is 13.4. The SMILES string of the molecule is CCCCCCCCCCCCCCC(Br)S(=O)(=O)O. The van der Waals surface area contributed by atoms with E-state index in [0.717, 1.165) is 12.8 Å². The van der Waals surface area contributed by atoms with Crippen LogP contribution in [0.3, 0.4) is 0 Å². The molecule has 1 unspecified atom stereocenters. The number of hydrogen-bond donors (Lipinski definition) is 1. The molecule has 0 aliphatic rings. The van der Waals surface area contributed by atoms with Crippen LogP contribution in [0, 0.1) is 0 Å². The zero-order valence-corrected chi connectivity index (χ0v) is 15.2. The fourth-order valence-corrected chi connectivity index (χ4v) is 3.08. The predicted molar refractivity (Wildman–Crippen MR) is 90.0 cm³/mol. The predicted octanol–water partition coefficient (Wildman–Crippen LogP) is 5.69. The monoisotopic (exact) mass is 370 g/mol. The summed E-state index contributed by atoms with van der Waals surface area (Å²) in [5.41, 5.74) is 0. The van der Waals surface area contributed by atoms with E-state index in [-0.39, 0.29) is 0 Å². The van der Waals surface area contributed by atoms with Crippen molar-refractivity contribution in [1.29, 1.82) is 0 Å². The van der Waals surface area contributed by atoms with E-state index in [1.54, 1.807) is 0 Å². The Morgan fingerprint density at radius 1 is 0.800 bits per heavy atom. The van der Waals surface area contributed by atoms with Crippen LogP contribution in [0.25, 0.3) is 0 Å². The summed E-state index contributed by atoms with van der Waals surface area (Å²) in [4.78, 5) is 0. The van der Waals surface area contributed by atoms with Crippen molar-refractivity contribution in [3.63, 3.8) is 0 Å². The number of rotatable bonds is 14. The molecule has 0 aromatic heterocycles. The summed E-state index contributed by atoms with van der Waals surface area (Å²) in [6, 6.07) is 0. The summed E-state index contributed by atoms with van der Waals surface area (Å²) in [6.07, 6.45) is 15.6. The van der Waals surface area contributed by atoms with Gasteiger partial charge in [-0.05, 0) is 6.42 Å². The molecule has 1 N–H and O–H groups in total. The zero-order chi connectivity index (χ0) is 15.3. The molecule has 0 aliphatic carbocycles. The quantitative estimate of drug-likeness (QED) is 0.243. The first-order valence-corrected chi connectivity index (χ1v) is 10.5. The van der Waals surface area contributed by atoms with Gasteiger partial charge in [0.15, 0.2) is 0 Å². The highest BCUT2D eigenvalue weighted by Gasteiger charge is 2.17. The molecule has 0 saturated heterocycles. The molecule has 1 atom stereocenters. The van der Waals surface area contributed by atoms with Crippen molar-refractivity contribution in [3.8, 4) is 0 Å². The van der Waals surface area contributed by atoms with Crippen LogP contribution in [-0.2, 0) is 10.1 Å². The molecule has 0 aromatic rings. The smallest absolute Gasteiger partial charge is 0.277 e. The first-order chi connectivity index (χ1) is 9.48. The Morgan fingerprint density at radius 3 is 1.50 bits per heavy atom. The highest BCUT2D eigenvalue weighted by atomic mass is 79.9. The summed E-state index contributed by atoms with van der Waals surface area (Å²) >= 11 is 2.99. The van der Waals surface area contributed by atoms with E-state index in [1.165, 1.54) is 64.2 Å². The lowest BCUT2D eigenvalue weighted by Gasteiger charge is -2.06. The molecule has 0 aromatic carbocycles. The van der Waals surface area contributed by atoms with E-state index < -0.39 is 14.3 Å². The van der Waals surface area contributed by atoms with Crippen molar-refractivity contribution < 1.29 is 13.0 Å². The maximum atomic E-state index is 10.8. The van der Waals surface area contributed by atoms with Gasteiger partial charge in [-0.1, -0.05) is 99.9 Å². The molecular weight excluding hydrogens is 340 g/mol. The Balaban J connectivity index is 3.18. The third-order valence-electron chi connectivity index (χ3n) is 3.61. The summed E-state index contributed by atoms with van der Waals surface area (Å²) < 4.78 is 29.5. The second-order valence-corrected chi connectivity index (χ2v) is 8.91. The van der Waals surface area contributed by atoms with Gasteiger partial charge in [-0.25, -0.2) is 0 Å². The molecule has 3 nitrogen and oxygen atoms in total. The van der Waals surface area contributed by atoms with Crippen LogP contribution in [0.5, 0.6) is 0 Å². The van der Waals surface area contributed by atoms with Crippen molar-refractivity contribution in [1.82, 2.24) is 0 Å². The number of unbranched alkanes of at least 4 members (excludes halogenated alkanes) is 11. The highest BCUT2D eigenvalue weighted by Crippen LogP contribution is 2.17.